The van der Waals surface area contributed by atoms with Crippen LogP contribution < -0.4 is 10.1 Å². The lowest BCUT2D eigenvalue weighted by Gasteiger charge is -2.26. The molecule has 2 aromatic carbocycles. The van der Waals surface area contributed by atoms with Gasteiger partial charge in [-0.1, -0.05) is 17.6 Å². The first-order valence-electron chi connectivity index (χ1n) is 10.7. The number of hydrogen-bond acceptors (Lipinski definition) is 6. The van der Waals surface area contributed by atoms with E-state index >= 15 is 0 Å². The van der Waals surface area contributed by atoms with E-state index < -0.39 is 15.9 Å². The van der Waals surface area contributed by atoms with Crippen LogP contribution in [0.3, 0.4) is 0 Å². The molecular weight excluding hydrogens is 430 g/mol. The molecule has 0 unspecified atom stereocenters. The number of anilines is 1. The third-order valence-corrected chi connectivity index (χ3v) is 7.11. The summed E-state index contributed by atoms with van der Waals surface area (Å²) < 4.78 is 32.9. The minimum Gasteiger partial charge on any atom is -0.494 e. The lowest BCUT2D eigenvalue weighted by atomic mass is 10.2. The predicted octanol–water partition coefficient (Wildman–Crippen LogP) is 3.56. The van der Waals surface area contributed by atoms with Crippen molar-refractivity contribution in [2.75, 3.05) is 31.6 Å². The van der Waals surface area contributed by atoms with Gasteiger partial charge in [-0.3, -0.25) is 4.79 Å². The Morgan fingerprint density at radius 1 is 1.12 bits per heavy atom. The van der Waals surface area contributed by atoms with Crippen LogP contribution >= 0.6 is 0 Å². The molecule has 0 aliphatic carbocycles. The van der Waals surface area contributed by atoms with Crippen molar-refractivity contribution in [2.45, 2.75) is 38.0 Å². The van der Waals surface area contributed by atoms with Crippen LogP contribution in [0.2, 0.25) is 0 Å². The summed E-state index contributed by atoms with van der Waals surface area (Å²) in [6.07, 6.45) is 4.27. The topological polar surface area (TPSA) is 97.3 Å². The number of nitrogens with zero attached hydrogens (tertiary/aromatic N) is 2. The van der Waals surface area contributed by atoms with Crippen molar-refractivity contribution in [1.29, 1.82) is 0 Å². The van der Waals surface area contributed by atoms with Crippen LogP contribution in [0.4, 0.5) is 5.69 Å². The second-order valence-corrected chi connectivity index (χ2v) is 9.41. The molecule has 8 nitrogen and oxygen atoms in total. The molecule has 1 amide bonds. The Morgan fingerprint density at radius 3 is 2.53 bits per heavy atom. The molecule has 3 rings (SSSR count). The van der Waals surface area contributed by atoms with Crippen LogP contribution in [-0.2, 0) is 19.7 Å². The Labute approximate surface area is 189 Å². The molecule has 172 valence electrons. The van der Waals surface area contributed by atoms with Crippen molar-refractivity contribution >= 4 is 27.8 Å². The molecule has 1 aliphatic heterocycles. The number of carbonyl (C=O) groups excluding carboxylic acids is 1. The number of ether oxygens (including phenoxy) is 1. The number of piperidine rings is 1. The molecule has 0 atom stereocenters. The Hall–Kier alpha value is -2.91. The number of carbonyl (C=O) groups is 1. The first-order valence-corrected chi connectivity index (χ1v) is 12.1. The van der Waals surface area contributed by atoms with E-state index in [0.717, 1.165) is 30.6 Å². The summed E-state index contributed by atoms with van der Waals surface area (Å²) in [4.78, 5) is 17.5. The minimum atomic E-state index is -3.59. The third-order valence-electron chi connectivity index (χ3n) is 5.07. The van der Waals surface area contributed by atoms with Gasteiger partial charge in [0.2, 0.25) is 10.0 Å². The third kappa shape index (κ3) is 6.30. The molecule has 1 saturated heterocycles. The van der Waals surface area contributed by atoms with Gasteiger partial charge in [0.25, 0.3) is 5.91 Å². The van der Waals surface area contributed by atoms with E-state index in [0.29, 0.717) is 30.9 Å². The lowest BCUT2D eigenvalue weighted by Crippen LogP contribution is -2.36. The fourth-order valence-corrected chi connectivity index (χ4v) is 5.18. The first kappa shape index (κ1) is 23.7. The van der Waals surface area contributed by atoms with Gasteiger partial charge < -0.3 is 14.9 Å². The number of hydrogen-bond donors (Lipinski definition) is 1. The largest absolute Gasteiger partial charge is 0.494 e. The van der Waals surface area contributed by atoms with Gasteiger partial charge in [0.05, 0.1) is 17.7 Å². The SMILES string of the molecule is CCOc1ccc(/C=N/OCC(=O)Nc2ccc(C)c(S(=O)(=O)N3CCCCC3)c2)cc1. The van der Waals surface area contributed by atoms with Crippen LogP contribution in [0.25, 0.3) is 0 Å². The summed E-state index contributed by atoms with van der Waals surface area (Å²) >= 11 is 0. The molecule has 0 radical (unpaired) electrons. The molecule has 1 N–H and O–H groups in total. The Kier molecular flexibility index (Phi) is 8.24. The Balaban J connectivity index is 1.56. The van der Waals surface area contributed by atoms with Crippen molar-refractivity contribution in [1.82, 2.24) is 4.31 Å². The fraction of sp³-hybridized carbons (Fsp3) is 0.391. The van der Waals surface area contributed by atoms with Crippen molar-refractivity contribution in [2.24, 2.45) is 5.16 Å². The van der Waals surface area contributed by atoms with Crippen molar-refractivity contribution in [3.63, 3.8) is 0 Å². The zero-order chi connectivity index (χ0) is 23.0. The number of aryl methyl sites for hydroxylation is 1. The molecule has 0 aromatic heterocycles. The van der Waals surface area contributed by atoms with Gasteiger partial charge in [0.15, 0.2) is 6.61 Å². The summed E-state index contributed by atoms with van der Waals surface area (Å²) in [6.45, 7) is 5.02. The highest BCUT2D eigenvalue weighted by atomic mass is 32.2. The van der Waals surface area contributed by atoms with Crippen molar-refractivity contribution in [3.8, 4) is 5.75 Å². The molecular formula is C23H29N3O5S. The molecule has 0 bridgehead atoms. The maximum atomic E-state index is 13.0. The van der Waals surface area contributed by atoms with E-state index in [-0.39, 0.29) is 11.5 Å². The van der Waals surface area contributed by atoms with Gasteiger partial charge in [-0.25, -0.2) is 8.42 Å². The maximum absolute atomic E-state index is 13.0. The van der Waals surface area contributed by atoms with E-state index in [4.69, 9.17) is 9.57 Å². The molecule has 1 heterocycles. The zero-order valence-electron chi connectivity index (χ0n) is 18.4. The molecule has 9 heteroatoms. The molecule has 32 heavy (non-hydrogen) atoms. The summed E-state index contributed by atoms with van der Waals surface area (Å²) in [5, 5.41) is 6.47. The van der Waals surface area contributed by atoms with Gasteiger partial charge in [0.1, 0.15) is 5.75 Å². The van der Waals surface area contributed by atoms with Crippen molar-refractivity contribution in [3.05, 3.63) is 53.6 Å². The second kappa shape index (κ2) is 11.1. The van der Waals surface area contributed by atoms with Crippen LogP contribution in [0.5, 0.6) is 5.75 Å². The number of rotatable bonds is 9. The van der Waals surface area contributed by atoms with Gasteiger partial charge in [0, 0.05) is 18.8 Å². The van der Waals surface area contributed by atoms with Gasteiger partial charge in [-0.15, -0.1) is 0 Å². The Morgan fingerprint density at radius 2 is 1.84 bits per heavy atom. The summed E-state index contributed by atoms with van der Waals surface area (Å²) in [6, 6.07) is 12.2. The smallest absolute Gasteiger partial charge is 0.265 e. The zero-order valence-corrected chi connectivity index (χ0v) is 19.2. The lowest BCUT2D eigenvalue weighted by molar-refractivity contribution is -0.120. The average Bonchev–Trinajstić information content (AvgIpc) is 2.80. The number of sulfonamides is 1. The summed E-state index contributed by atoms with van der Waals surface area (Å²) in [5.74, 6) is 0.337. The predicted molar refractivity (Wildman–Crippen MR) is 124 cm³/mol. The van der Waals surface area contributed by atoms with Gasteiger partial charge in [-0.2, -0.15) is 4.31 Å². The van der Waals surface area contributed by atoms with Crippen LogP contribution in [0, 0.1) is 6.92 Å². The van der Waals surface area contributed by atoms with Crippen molar-refractivity contribution < 1.29 is 22.8 Å². The standard InChI is InChI=1S/C23H29N3O5S/c1-3-30-21-11-8-19(9-12-21)16-24-31-17-23(27)25-20-10-7-18(2)22(15-20)32(28,29)26-13-5-4-6-14-26/h7-12,15-16H,3-6,13-14,17H2,1-2H3,(H,25,27)/b24-16+. The minimum absolute atomic E-state index is 0.214. The highest BCUT2D eigenvalue weighted by Gasteiger charge is 2.27. The van der Waals surface area contributed by atoms with Gasteiger partial charge in [-0.05, 0) is 74.2 Å². The van der Waals surface area contributed by atoms with E-state index in [1.54, 1.807) is 19.1 Å². The van der Waals surface area contributed by atoms with Crippen LogP contribution in [0.1, 0.15) is 37.3 Å². The van der Waals surface area contributed by atoms with E-state index in [9.17, 15) is 13.2 Å². The monoisotopic (exact) mass is 459 g/mol. The number of benzene rings is 2. The summed E-state index contributed by atoms with van der Waals surface area (Å²) in [7, 11) is -3.59. The van der Waals surface area contributed by atoms with Crippen LogP contribution in [0.15, 0.2) is 52.5 Å². The number of amides is 1. The molecule has 0 spiro atoms. The average molecular weight is 460 g/mol. The molecule has 1 fully saturated rings. The molecule has 1 aliphatic rings. The second-order valence-electron chi connectivity index (χ2n) is 7.50. The molecule has 2 aromatic rings. The summed E-state index contributed by atoms with van der Waals surface area (Å²) in [5.41, 5.74) is 1.85. The van der Waals surface area contributed by atoms with Gasteiger partial charge >= 0.3 is 0 Å². The molecule has 0 saturated carbocycles. The highest BCUT2D eigenvalue weighted by Crippen LogP contribution is 2.26. The normalized spacial score (nSPS) is 14.9. The van der Waals surface area contributed by atoms with E-state index in [1.807, 2.05) is 31.2 Å². The Bertz CT molecular complexity index is 1050. The quantitative estimate of drug-likeness (QED) is 0.457. The number of nitrogens with one attached hydrogen (secondary N) is 1. The first-order chi connectivity index (χ1) is 15.4. The highest BCUT2D eigenvalue weighted by molar-refractivity contribution is 7.89. The van der Waals surface area contributed by atoms with Crippen LogP contribution in [-0.4, -0.2) is 51.1 Å². The number of oxime groups is 1. The van der Waals surface area contributed by atoms with E-state index in [1.165, 1.54) is 16.6 Å². The maximum Gasteiger partial charge on any atom is 0.265 e. The fourth-order valence-electron chi connectivity index (χ4n) is 3.41. The van der Waals surface area contributed by atoms with E-state index in [2.05, 4.69) is 10.5 Å².